The molecule has 1 aromatic carbocycles. The van der Waals surface area contributed by atoms with E-state index in [9.17, 15) is 0 Å². The van der Waals surface area contributed by atoms with Gasteiger partial charge in [-0.15, -0.1) is 0 Å². The van der Waals surface area contributed by atoms with E-state index < -0.39 is 0 Å². The molecule has 0 amide bonds. The van der Waals surface area contributed by atoms with Gasteiger partial charge in [0, 0.05) is 17.6 Å². The molecule has 2 nitrogen and oxygen atoms in total. The molecule has 1 atom stereocenters. The van der Waals surface area contributed by atoms with E-state index >= 15 is 0 Å². The number of hydrogen-bond acceptors (Lipinski definition) is 2. The predicted molar refractivity (Wildman–Crippen MR) is 94.4 cm³/mol. The third-order valence-corrected chi connectivity index (χ3v) is 5.11. The van der Waals surface area contributed by atoms with E-state index in [2.05, 4.69) is 58.2 Å². The molecule has 0 radical (unpaired) electrons. The van der Waals surface area contributed by atoms with Crippen LogP contribution in [-0.4, -0.2) is 24.5 Å². The van der Waals surface area contributed by atoms with Crippen LogP contribution in [0.25, 0.3) is 0 Å². The molecule has 1 aliphatic rings. The molecule has 2 rings (SSSR count). The van der Waals surface area contributed by atoms with Crippen LogP contribution in [0.2, 0.25) is 0 Å². The number of hydrogen-bond donors (Lipinski definition) is 1. The third kappa shape index (κ3) is 5.72. The third-order valence-electron chi connectivity index (χ3n) is 4.38. The molecule has 1 saturated heterocycles. The predicted octanol–water partition coefficient (Wildman–Crippen LogP) is 4.57. The number of benzene rings is 1. The molecular formula is C18H29BrN2. The van der Waals surface area contributed by atoms with E-state index in [0.29, 0.717) is 0 Å². The van der Waals surface area contributed by atoms with Crippen molar-refractivity contribution in [3.8, 4) is 0 Å². The van der Waals surface area contributed by atoms with Gasteiger partial charge in [0.15, 0.2) is 0 Å². The van der Waals surface area contributed by atoms with Crippen molar-refractivity contribution < 1.29 is 0 Å². The summed E-state index contributed by atoms with van der Waals surface area (Å²) >= 11 is 3.76. The molecule has 0 spiro atoms. The summed E-state index contributed by atoms with van der Waals surface area (Å²) in [5, 5.41) is 3.46. The number of nitrogens with one attached hydrogen (secondary N) is 1. The van der Waals surface area contributed by atoms with E-state index in [1.54, 1.807) is 0 Å². The van der Waals surface area contributed by atoms with Crippen LogP contribution in [-0.2, 0) is 13.1 Å². The van der Waals surface area contributed by atoms with Gasteiger partial charge in [0.05, 0.1) is 0 Å². The summed E-state index contributed by atoms with van der Waals surface area (Å²) in [6.07, 6.45) is 5.26. The monoisotopic (exact) mass is 352 g/mol. The minimum absolute atomic E-state index is 0.894. The molecule has 0 saturated carbocycles. The van der Waals surface area contributed by atoms with Gasteiger partial charge in [-0.05, 0) is 68.4 Å². The quantitative estimate of drug-likeness (QED) is 0.754. The lowest BCUT2D eigenvalue weighted by molar-refractivity contribution is 0.273. The Labute approximate surface area is 138 Å². The lowest BCUT2D eigenvalue weighted by Gasteiger charge is -2.21. The highest BCUT2D eigenvalue weighted by Gasteiger charge is 2.14. The lowest BCUT2D eigenvalue weighted by Crippen LogP contribution is -2.24. The van der Waals surface area contributed by atoms with Gasteiger partial charge in [0.2, 0.25) is 0 Å². The SMILES string of the molecule is CCCNCc1ccc(CN2CCCC(C)CC2)c(Br)c1. The van der Waals surface area contributed by atoms with Crippen LogP contribution in [0.4, 0.5) is 0 Å². The number of rotatable bonds is 6. The van der Waals surface area contributed by atoms with Gasteiger partial charge in [-0.25, -0.2) is 0 Å². The average Bonchev–Trinajstić information content (AvgIpc) is 2.67. The maximum absolute atomic E-state index is 3.76. The Morgan fingerprint density at radius 2 is 2.14 bits per heavy atom. The van der Waals surface area contributed by atoms with Crippen LogP contribution in [0.15, 0.2) is 22.7 Å². The Morgan fingerprint density at radius 3 is 2.90 bits per heavy atom. The maximum atomic E-state index is 3.76. The summed E-state index contributed by atoms with van der Waals surface area (Å²) in [4.78, 5) is 2.61. The van der Waals surface area contributed by atoms with Crippen molar-refractivity contribution >= 4 is 15.9 Å². The highest BCUT2D eigenvalue weighted by atomic mass is 79.9. The smallest absolute Gasteiger partial charge is 0.0244 e. The molecule has 1 aliphatic heterocycles. The molecule has 0 aromatic heterocycles. The Kier molecular flexibility index (Phi) is 7.21. The summed E-state index contributed by atoms with van der Waals surface area (Å²) in [5.41, 5.74) is 2.78. The number of halogens is 1. The van der Waals surface area contributed by atoms with E-state index in [1.807, 2.05) is 0 Å². The van der Waals surface area contributed by atoms with Crippen molar-refractivity contribution in [2.75, 3.05) is 19.6 Å². The van der Waals surface area contributed by atoms with Gasteiger partial charge >= 0.3 is 0 Å². The van der Waals surface area contributed by atoms with Crippen LogP contribution >= 0.6 is 15.9 Å². The van der Waals surface area contributed by atoms with Crippen molar-refractivity contribution in [3.05, 3.63) is 33.8 Å². The molecule has 3 heteroatoms. The van der Waals surface area contributed by atoms with Crippen molar-refractivity contribution in [3.63, 3.8) is 0 Å². The fourth-order valence-corrected chi connectivity index (χ4v) is 3.51. The number of likely N-dealkylation sites (tertiary alicyclic amines) is 1. The zero-order chi connectivity index (χ0) is 15.1. The van der Waals surface area contributed by atoms with E-state index in [-0.39, 0.29) is 0 Å². The van der Waals surface area contributed by atoms with Crippen molar-refractivity contribution in [1.82, 2.24) is 10.2 Å². The molecule has 0 bridgehead atoms. The van der Waals surface area contributed by atoms with Crippen LogP contribution < -0.4 is 5.32 Å². The van der Waals surface area contributed by atoms with Gasteiger partial charge in [-0.2, -0.15) is 0 Å². The zero-order valence-electron chi connectivity index (χ0n) is 13.5. The van der Waals surface area contributed by atoms with Gasteiger partial charge < -0.3 is 5.32 Å². The van der Waals surface area contributed by atoms with Crippen molar-refractivity contribution in [2.45, 2.75) is 52.6 Å². The van der Waals surface area contributed by atoms with Gasteiger partial charge in [-0.1, -0.05) is 41.9 Å². The minimum Gasteiger partial charge on any atom is -0.313 e. The van der Waals surface area contributed by atoms with E-state index in [1.165, 1.54) is 54.4 Å². The summed E-state index contributed by atoms with van der Waals surface area (Å²) in [5.74, 6) is 0.894. The Balaban J connectivity index is 1.90. The van der Waals surface area contributed by atoms with Gasteiger partial charge in [0.1, 0.15) is 0 Å². The zero-order valence-corrected chi connectivity index (χ0v) is 15.1. The second-order valence-electron chi connectivity index (χ2n) is 6.41. The highest BCUT2D eigenvalue weighted by molar-refractivity contribution is 9.10. The second-order valence-corrected chi connectivity index (χ2v) is 7.27. The Hall–Kier alpha value is -0.380. The number of nitrogens with zero attached hydrogens (tertiary/aromatic N) is 1. The molecule has 1 aromatic rings. The summed E-state index contributed by atoms with van der Waals surface area (Å²) in [7, 11) is 0. The summed E-state index contributed by atoms with van der Waals surface area (Å²) in [6, 6.07) is 6.84. The second kappa shape index (κ2) is 8.92. The highest BCUT2D eigenvalue weighted by Crippen LogP contribution is 2.23. The maximum Gasteiger partial charge on any atom is 0.0244 e. The molecular weight excluding hydrogens is 324 g/mol. The first kappa shape index (κ1) is 17.0. The topological polar surface area (TPSA) is 15.3 Å². The standard InChI is InChI=1S/C18H29BrN2/c1-3-9-20-13-16-6-7-17(18(19)12-16)14-21-10-4-5-15(2)8-11-21/h6-7,12,15,20H,3-5,8-11,13-14H2,1-2H3. The largest absolute Gasteiger partial charge is 0.313 e. The first-order valence-electron chi connectivity index (χ1n) is 8.39. The molecule has 1 N–H and O–H groups in total. The minimum atomic E-state index is 0.894. The van der Waals surface area contributed by atoms with Crippen LogP contribution in [0.3, 0.4) is 0 Å². The summed E-state index contributed by atoms with van der Waals surface area (Å²) < 4.78 is 1.26. The Morgan fingerprint density at radius 1 is 1.29 bits per heavy atom. The molecule has 1 heterocycles. The van der Waals surface area contributed by atoms with Crippen LogP contribution in [0.1, 0.15) is 50.7 Å². The molecule has 21 heavy (non-hydrogen) atoms. The van der Waals surface area contributed by atoms with Crippen molar-refractivity contribution in [2.24, 2.45) is 5.92 Å². The molecule has 118 valence electrons. The lowest BCUT2D eigenvalue weighted by atomic mass is 10.0. The normalized spacial score (nSPS) is 20.4. The van der Waals surface area contributed by atoms with E-state index in [0.717, 1.165) is 25.6 Å². The van der Waals surface area contributed by atoms with Gasteiger partial charge in [0.25, 0.3) is 0 Å². The first-order valence-corrected chi connectivity index (χ1v) is 9.18. The van der Waals surface area contributed by atoms with Crippen LogP contribution in [0.5, 0.6) is 0 Å². The molecule has 1 fully saturated rings. The first-order chi connectivity index (χ1) is 10.2. The van der Waals surface area contributed by atoms with Crippen LogP contribution in [0, 0.1) is 5.92 Å². The summed E-state index contributed by atoms with van der Waals surface area (Å²) in [6.45, 7) is 10.2. The average molecular weight is 353 g/mol. The fraction of sp³-hybridized carbons (Fsp3) is 0.667. The Bertz CT molecular complexity index is 433. The van der Waals surface area contributed by atoms with Crippen molar-refractivity contribution in [1.29, 1.82) is 0 Å². The molecule has 1 unspecified atom stereocenters. The fourth-order valence-electron chi connectivity index (χ4n) is 2.96. The molecule has 0 aliphatic carbocycles. The van der Waals surface area contributed by atoms with Gasteiger partial charge in [-0.3, -0.25) is 4.90 Å². The van der Waals surface area contributed by atoms with E-state index in [4.69, 9.17) is 0 Å².